The van der Waals surface area contributed by atoms with Gasteiger partial charge in [0.05, 0.1) is 0 Å². The molecule has 23 heavy (non-hydrogen) atoms. The highest BCUT2D eigenvalue weighted by molar-refractivity contribution is 7.77. The monoisotopic (exact) mass is 323 g/mol. The Morgan fingerprint density at radius 2 is 1.22 bits per heavy atom. The lowest BCUT2D eigenvalue weighted by atomic mass is 10.2. The Morgan fingerprint density at radius 1 is 0.739 bits per heavy atom. The molecule has 2 nitrogen and oxygen atoms in total. The second-order valence-electron chi connectivity index (χ2n) is 5.01. The third-order valence-corrected chi connectivity index (χ3v) is 5.91. The van der Waals surface area contributed by atoms with Gasteiger partial charge in [0, 0.05) is 22.4 Å². The van der Waals surface area contributed by atoms with Crippen LogP contribution in [0, 0.1) is 5.82 Å². The SMILES string of the molecule is O=P(N=Cc1ccccc1F)(c1ccccc1)c1ccccc1. The molecule has 0 amide bonds. The fraction of sp³-hybridized carbons (Fsp3) is 0. The molecule has 3 aromatic rings. The molecule has 114 valence electrons. The molecule has 0 spiro atoms. The summed E-state index contributed by atoms with van der Waals surface area (Å²) in [4.78, 5) is 0. The molecule has 0 atom stereocenters. The van der Waals surface area contributed by atoms with E-state index in [2.05, 4.69) is 4.76 Å². The maximum atomic E-state index is 13.8. The van der Waals surface area contributed by atoms with Crippen LogP contribution in [0.2, 0.25) is 0 Å². The normalized spacial score (nSPS) is 11.7. The number of nitrogens with zero attached hydrogens (tertiary/aromatic N) is 1. The molecule has 0 aliphatic carbocycles. The first-order chi connectivity index (χ1) is 11.2. The molecule has 0 aromatic heterocycles. The largest absolute Gasteiger partial charge is 0.288 e. The lowest BCUT2D eigenvalue weighted by molar-refractivity contribution is 0.588. The fourth-order valence-electron chi connectivity index (χ4n) is 2.27. The van der Waals surface area contributed by atoms with Crippen molar-refractivity contribution in [3.05, 3.63) is 96.3 Å². The van der Waals surface area contributed by atoms with Crippen LogP contribution in [0.15, 0.2) is 89.7 Å². The van der Waals surface area contributed by atoms with Gasteiger partial charge in [-0.25, -0.2) is 9.15 Å². The average Bonchev–Trinajstić information content (AvgIpc) is 2.62. The molecule has 0 radical (unpaired) electrons. The smallest absolute Gasteiger partial charge is 0.247 e. The van der Waals surface area contributed by atoms with Crippen molar-refractivity contribution in [2.75, 3.05) is 0 Å². The van der Waals surface area contributed by atoms with Crippen molar-refractivity contribution >= 4 is 24.1 Å². The Balaban J connectivity index is 2.11. The zero-order valence-corrected chi connectivity index (χ0v) is 13.2. The van der Waals surface area contributed by atoms with Gasteiger partial charge in [0.15, 0.2) is 0 Å². The van der Waals surface area contributed by atoms with E-state index in [1.807, 2.05) is 36.4 Å². The van der Waals surface area contributed by atoms with Gasteiger partial charge in [-0.1, -0.05) is 54.6 Å². The summed E-state index contributed by atoms with van der Waals surface area (Å²) in [6, 6.07) is 24.5. The minimum absolute atomic E-state index is 0.319. The van der Waals surface area contributed by atoms with Crippen LogP contribution in [-0.2, 0) is 4.57 Å². The molecule has 0 aliphatic rings. The van der Waals surface area contributed by atoms with Crippen LogP contribution in [0.5, 0.6) is 0 Å². The van der Waals surface area contributed by atoms with Gasteiger partial charge in [-0.05, 0) is 30.3 Å². The Morgan fingerprint density at radius 3 is 1.74 bits per heavy atom. The third-order valence-electron chi connectivity index (χ3n) is 3.48. The summed E-state index contributed by atoms with van der Waals surface area (Å²) in [7, 11) is -3.21. The summed E-state index contributed by atoms with van der Waals surface area (Å²) >= 11 is 0. The summed E-state index contributed by atoms with van der Waals surface area (Å²) in [6.45, 7) is 0. The minimum atomic E-state index is -3.21. The maximum absolute atomic E-state index is 13.8. The van der Waals surface area contributed by atoms with Gasteiger partial charge in [0.2, 0.25) is 7.29 Å². The average molecular weight is 323 g/mol. The van der Waals surface area contributed by atoms with Crippen molar-refractivity contribution in [3.63, 3.8) is 0 Å². The Hall–Kier alpha value is -2.51. The van der Waals surface area contributed by atoms with E-state index in [-0.39, 0.29) is 5.82 Å². The van der Waals surface area contributed by atoms with Crippen molar-refractivity contribution in [1.29, 1.82) is 0 Å². The van der Waals surface area contributed by atoms with Crippen LogP contribution in [0.3, 0.4) is 0 Å². The second kappa shape index (κ2) is 6.72. The van der Waals surface area contributed by atoms with Crippen molar-refractivity contribution < 1.29 is 8.96 Å². The zero-order valence-electron chi connectivity index (χ0n) is 12.3. The minimum Gasteiger partial charge on any atom is -0.288 e. The van der Waals surface area contributed by atoms with Gasteiger partial charge in [-0.15, -0.1) is 0 Å². The standard InChI is InChI=1S/C19H15FNOP/c20-19-14-8-7-9-16(19)15-21-23(22,17-10-3-1-4-11-17)18-12-5-2-6-13-18/h1-15H. The first-order valence-electron chi connectivity index (χ1n) is 7.21. The lowest BCUT2D eigenvalue weighted by Gasteiger charge is -2.14. The summed E-state index contributed by atoms with van der Waals surface area (Å²) < 4.78 is 31.7. The van der Waals surface area contributed by atoms with Crippen LogP contribution in [0.25, 0.3) is 0 Å². The van der Waals surface area contributed by atoms with E-state index in [1.54, 1.807) is 42.5 Å². The van der Waals surface area contributed by atoms with E-state index < -0.39 is 7.29 Å². The molecule has 3 rings (SSSR count). The van der Waals surface area contributed by atoms with Crippen LogP contribution in [0.1, 0.15) is 5.56 Å². The van der Waals surface area contributed by atoms with E-state index in [9.17, 15) is 8.96 Å². The molecule has 0 bridgehead atoms. The van der Waals surface area contributed by atoms with E-state index in [4.69, 9.17) is 0 Å². The number of hydrogen-bond donors (Lipinski definition) is 0. The molecule has 3 aromatic carbocycles. The molecule has 0 unspecified atom stereocenters. The predicted octanol–water partition coefficient (Wildman–Crippen LogP) is 4.17. The van der Waals surface area contributed by atoms with Crippen molar-refractivity contribution in [1.82, 2.24) is 0 Å². The molecule has 0 N–H and O–H groups in total. The zero-order chi connectivity index (χ0) is 16.1. The number of halogens is 1. The Kier molecular flexibility index (Phi) is 4.50. The molecule has 0 aliphatic heterocycles. The number of benzene rings is 3. The van der Waals surface area contributed by atoms with Gasteiger partial charge in [-0.3, -0.25) is 4.57 Å². The second-order valence-corrected chi connectivity index (χ2v) is 7.43. The molecular weight excluding hydrogens is 308 g/mol. The first kappa shape index (κ1) is 15.4. The van der Waals surface area contributed by atoms with E-state index in [0.717, 1.165) is 0 Å². The van der Waals surface area contributed by atoms with E-state index in [0.29, 0.717) is 16.2 Å². The highest BCUT2D eigenvalue weighted by Crippen LogP contribution is 2.44. The Labute approximate surface area is 134 Å². The maximum Gasteiger partial charge on any atom is 0.247 e. The highest BCUT2D eigenvalue weighted by atomic mass is 31.2. The van der Waals surface area contributed by atoms with Crippen molar-refractivity contribution in [3.8, 4) is 0 Å². The fourth-order valence-corrected chi connectivity index (χ4v) is 4.27. The molecule has 0 saturated heterocycles. The Bertz CT molecular complexity index is 819. The summed E-state index contributed by atoms with van der Waals surface area (Å²) in [5.41, 5.74) is 0.319. The van der Waals surface area contributed by atoms with E-state index >= 15 is 0 Å². The topological polar surface area (TPSA) is 29.4 Å². The van der Waals surface area contributed by atoms with Crippen molar-refractivity contribution in [2.45, 2.75) is 0 Å². The predicted molar refractivity (Wildman–Crippen MR) is 93.8 cm³/mol. The first-order valence-corrected chi connectivity index (χ1v) is 8.87. The quantitative estimate of drug-likeness (QED) is 0.523. The van der Waals surface area contributed by atoms with Crippen LogP contribution in [-0.4, -0.2) is 6.21 Å². The third kappa shape index (κ3) is 3.30. The molecule has 0 saturated carbocycles. The van der Waals surface area contributed by atoms with Gasteiger partial charge < -0.3 is 0 Å². The van der Waals surface area contributed by atoms with E-state index in [1.165, 1.54) is 12.3 Å². The molecular formula is C19H15FNOP. The van der Waals surface area contributed by atoms with Crippen LogP contribution in [0.4, 0.5) is 4.39 Å². The highest BCUT2D eigenvalue weighted by Gasteiger charge is 2.25. The molecule has 0 heterocycles. The summed E-state index contributed by atoms with van der Waals surface area (Å²) in [5.74, 6) is -0.385. The van der Waals surface area contributed by atoms with Gasteiger partial charge in [0.25, 0.3) is 0 Å². The molecule has 0 fully saturated rings. The summed E-state index contributed by atoms with van der Waals surface area (Å²) in [6.07, 6.45) is 1.36. The summed E-state index contributed by atoms with van der Waals surface area (Å²) in [5, 5.41) is 1.25. The van der Waals surface area contributed by atoms with Crippen molar-refractivity contribution in [2.24, 2.45) is 4.76 Å². The van der Waals surface area contributed by atoms with Crippen LogP contribution >= 0.6 is 7.29 Å². The van der Waals surface area contributed by atoms with Gasteiger partial charge >= 0.3 is 0 Å². The van der Waals surface area contributed by atoms with Gasteiger partial charge in [-0.2, -0.15) is 0 Å². The van der Waals surface area contributed by atoms with Crippen LogP contribution < -0.4 is 10.6 Å². The van der Waals surface area contributed by atoms with Gasteiger partial charge in [0.1, 0.15) is 5.82 Å². The lowest BCUT2D eigenvalue weighted by Crippen LogP contribution is -2.14. The molecule has 4 heteroatoms. The number of rotatable bonds is 4. The number of hydrogen-bond acceptors (Lipinski definition) is 1.